The molecule has 1 heterocycles. The lowest BCUT2D eigenvalue weighted by atomic mass is 9.95. The third kappa shape index (κ3) is 3.26. The van der Waals surface area contributed by atoms with E-state index < -0.39 is 0 Å². The molecule has 154 valence electrons. The van der Waals surface area contributed by atoms with Crippen molar-refractivity contribution in [2.45, 2.75) is 55.4 Å². The fraction of sp³-hybridized carbons (Fsp3) is 0.308. The normalized spacial score (nSPS) is 13.3. The first-order chi connectivity index (χ1) is 14.1. The Morgan fingerprint density at radius 1 is 0.500 bits per heavy atom. The maximum atomic E-state index is 4.10. The van der Waals surface area contributed by atoms with Gasteiger partial charge in [0.2, 0.25) is 0 Å². The maximum absolute atomic E-state index is 4.10. The summed E-state index contributed by atoms with van der Waals surface area (Å²) in [5.74, 6) is 0.00825. The van der Waals surface area contributed by atoms with Gasteiger partial charge in [-0.2, -0.15) is 0 Å². The molecule has 0 fully saturated rings. The Labute approximate surface area is 190 Å². The van der Waals surface area contributed by atoms with Gasteiger partial charge in [0.15, 0.2) is 0 Å². The van der Waals surface area contributed by atoms with Crippen molar-refractivity contribution >= 4 is 44.3 Å². The van der Waals surface area contributed by atoms with Gasteiger partial charge in [0.1, 0.15) is 0 Å². The lowest BCUT2D eigenvalue weighted by Crippen LogP contribution is -2.39. The Kier molecular flexibility index (Phi) is 5.26. The average Bonchev–Trinajstić information content (AvgIpc) is 2.86. The molecule has 0 saturated heterocycles. The highest BCUT2D eigenvalue weighted by atomic mass is 79.9. The molecule has 1 aliphatic rings. The van der Waals surface area contributed by atoms with Crippen molar-refractivity contribution in [3.05, 3.63) is 80.9 Å². The molecular weight excluding hydrogens is 431 g/mol. The van der Waals surface area contributed by atoms with E-state index in [4.69, 9.17) is 0 Å². The molecule has 0 amide bonds. The standard InChI is InChI=1S/C26H30BBrN2/c1-15-9-19(5)25(20(6)10-15)29-23-13-17(3)18(4)14-24(23)30(27(29)28)26-21(7)11-16(2)12-22(26)8/h9-14H,1-8H3. The summed E-state index contributed by atoms with van der Waals surface area (Å²) in [6, 6.07) is 13.8. The van der Waals surface area contributed by atoms with Crippen LogP contribution in [-0.2, 0) is 0 Å². The second-order valence-corrected chi connectivity index (χ2v) is 9.79. The summed E-state index contributed by atoms with van der Waals surface area (Å²) in [6.07, 6.45) is 0. The summed E-state index contributed by atoms with van der Waals surface area (Å²) in [7, 11) is 0. The fourth-order valence-corrected chi connectivity index (χ4v) is 5.93. The predicted molar refractivity (Wildman–Crippen MR) is 136 cm³/mol. The molecular formula is C26H30BBrN2. The lowest BCUT2D eigenvalue weighted by molar-refractivity contribution is 1.26. The van der Waals surface area contributed by atoms with Crippen LogP contribution in [0.25, 0.3) is 0 Å². The highest BCUT2D eigenvalue weighted by Crippen LogP contribution is 2.51. The minimum absolute atomic E-state index is 0.00825. The van der Waals surface area contributed by atoms with Gasteiger partial charge in [0.05, 0.1) is 11.4 Å². The van der Waals surface area contributed by atoms with Gasteiger partial charge in [-0.05, 0) is 101 Å². The van der Waals surface area contributed by atoms with Crippen LogP contribution in [0.3, 0.4) is 0 Å². The zero-order valence-electron chi connectivity index (χ0n) is 19.3. The van der Waals surface area contributed by atoms with E-state index >= 15 is 0 Å². The summed E-state index contributed by atoms with van der Waals surface area (Å²) in [5.41, 5.74) is 15.6. The molecule has 0 spiro atoms. The molecule has 4 heteroatoms. The van der Waals surface area contributed by atoms with E-state index in [0.29, 0.717) is 0 Å². The second-order valence-electron chi connectivity index (χ2n) is 8.97. The monoisotopic (exact) mass is 460 g/mol. The van der Waals surface area contributed by atoms with Crippen LogP contribution in [-0.4, -0.2) is 5.81 Å². The van der Waals surface area contributed by atoms with Gasteiger partial charge in [0, 0.05) is 11.4 Å². The largest absolute Gasteiger partial charge is 0.465 e. The Hall–Kier alpha value is -2.20. The van der Waals surface area contributed by atoms with Crippen LogP contribution in [0.1, 0.15) is 44.5 Å². The van der Waals surface area contributed by atoms with Gasteiger partial charge in [-0.3, -0.25) is 0 Å². The maximum Gasteiger partial charge on any atom is 0.465 e. The molecule has 0 saturated carbocycles. The molecule has 0 aromatic heterocycles. The average molecular weight is 461 g/mol. The van der Waals surface area contributed by atoms with Crippen molar-refractivity contribution in [1.82, 2.24) is 0 Å². The van der Waals surface area contributed by atoms with Crippen LogP contribution < -0.4 is 9.62 Å². The van der Waals surface area contributed by atoms with Gasteiger partial charge in [-0.1, -0.05) is 51.1 Å². The summed E-state index contributed by atoms with van der Waals surface area (Å²) >= 11 is 4.10. The number of nitrogens with zero attached hydrogens (tertiary/aromatic N) is 2. The molecule has 0 atom stereocenters. The number of anilines is 4. The van der Waals surface area contributed by atoms with E-state index in [1.807, 2.05) is 0 Å². The molecule has 2 nitrogen and oxygen atoms in total. The molecule has 1 aliphatic heterocycles. The lowest BCUT2D eigenvalue weighted by Gasteiger charge is -2.30. The number of hydrogen-bond acceptors (Lipinski definition) is 2. The third-order valence-corrected chi connectivity index (χ3v) is 7.11. The second kappa shape index (κ2) is 7.49. The highest BCUT2D eigenvalue weighted by Gasteiger charge is 2.43. The van der Waals surface area contributed by atoms with Gasteiger partial charge < -0.3 is 9.62 Å². The number of rotatable bonds is 2. The minimum Gasteiger partial charge on any atom is -0.354 e. The van der Waals surface area contributed by atoms with Crippen LogP contribution in [0.2, 0.25) is 0 Å². The summed E-state index contributed by atoms with van der Waals surface area (Å²) in [5, 5.41) is 0. The zero-order valence-corrected chi connectivity index (χ0v) is 20.9. The Morgan fingerprint density at radius 3 is 1.10 bits per heavy atom. The topological polar surface area (TPSA) is 6.48 Å². The van der Waals surface area contributed by atoms with E-state index in [2.05, 4.69) is 117 Å². The van der Waals surface area contributed by atoms with Crippen LogP contribution in [0.5, 0.6) is 0 Å². The molecule has 30 heavy (non-hydrogen) atoms. The number of hydrogen-bond donors (Lipinski definition) is 0. The van der Waals surface area contributed by atoms with E-state index in [1.165, 1.54) is 67.3 Å². The first-order valence-corrected chi connectivity index (χ1v) is 11.5. The Bertz CT molecular complexity index is 1030. The van der Waals surface area contributed by atoms with Crippen molar-refractivity contribution in [3.8, 4) is 0 Å². The summed E-state index contributed by atoms with van der Waals surface area (Å²) in [6.45, 7) is 17.6. The van der Waals surface area contributed by atoms with Gasteiger partial charge in [-0.25, -0.2) is 0 Å². The smallest absolute Gasteiger partial charge is 0.354 e. The zero-order chi connectivity index (χ0) is 21.9. The summed E-state index contributed by atoms with van der Waals surface area (Å²) < 4.78 is 0. The van der Waals surface area contributed by atoms with E-state index in [1.54, 1.807) is 0 Å². The molecule has 0 bridgehead atoms. The SMILES string of the molecule is Cc1cc(C)c(N2B(Br)N(c3c(C)cc(C)cc3C)c3cc(C)c(C)cc32)c(C)c1. The molecule has 0 radical (unpaired) electrons. The van der Waals surface area contributed by atoms with E-state index in [-0.39, 0.29) is 5.81 Å². The molecule has 3 aromatic rings. The van der Waals surface area contributed by atoms with Crippen LogP contribution in [0.4, 0.5) is 22.7 Å². The Balaban J connectivity index is 2.01. The van der Waals surface area contributed by atoms with E-state index in [9.17, 15) is 0 Å². The van der Waals surface area contributed by atoms with Gasteiger partial charge >= 0.3 is 5.81 Å². The molecule has 4 rings (SSSR count). The number of fused-ring (bicyclic) bond motifs is 1. The predicted octanol–water partition coefficient (Wildman–Crippen LogP) is 7.82. The third-order valence-electron chi connectivity index (χ3n) is 6.29. The quantitative estimate of drug-likeness (QED) is 0.359. The molecule has 3 aromatic carbocycles. The van der Waals surface area contributed by atoms with Crippen molar-refractivity contribution in [2.24, 2.45) is 0 Å². The van der Waals surface area contributed by atoms with Crippen molar-refractivity contribution < 1.29 is 0 Å². The number of halogens is 1. The Morgan fingerprint density at radius 2 is 0.800 bits per heavy atom. The first kappa shape index (κ1) is 21.1. The van der Waals surface area contributed by atoms with Crippen LogP contribution >= 0.6 is 15.8 Å². The van der Waals surface area contributed by atoms with Crippen molar-refractivity contribution in [1.29, 1.82) is 0 Å². The highest BCUT2D eigenvalue weighted by molar-refractivity contribution is 9.24. The van der Waals surface area contributed by atoms with Crippen LogP contribution in [0, 0.1) is 55.4 Å². The van der Waals surface area contributed by atoms with Gasteiger partial charge in [-0.15, -0.1) is 0 Å². The van der Waals surface area contributed by atoms with Gasteiger partial charge in [0.25, 0.3) is 0 Å². The molecule has 0 unspecified atom stereocenters. The summed E-state index contributed by atoms with van der Waals surface area (Å²) in [4.78, 5) is 4.93. The molecule has 0 N–H and O–H groups in total. The number of aryl methyl sites for hydroxylation is 8. The van der Waals surface area contributed by atoms with Crippen molar-refractivity contribution in [3.63, 3.8) is 0 Å². The fourth-order valence-electron chi connectivity index (χ4n) is 5.08. The van der Waals surface area contributed by atoms with Crippen LogP contribution in [0.15, 0.2) is 36.4 Å². The minimum atomic E-state index is 0.00825. The first-order valence-electron chi connectivity index (χ1n) is 10.6. The number of benzene rings is 3. The van der Waals surface area contributed by atoms with Crippen molar-refractivity contribution in [2.75, 3.05) is 9.62 Å². The van der Waals surface area contributed by atoms with E-state index in [0.717, 1.165) is 0 Å². The molecule has 0 aliphatic carbocycles.